The highest BCUT2D eigenvalue weighted by Gasteiger charge is 2.23. The number of piperidine rings is 1. The van der Waals surface area contributed by atoms with Gasteiger partial charge < -0.3 is 20.3 Å². The van der Waals surface area contributed by atoms with E-state index in [1.807, 2.05) is 13.0 Å². The zero-order valence-corrected chi connectivity index (χ0v) is 21.1. The zero-order chi connectivity index (χ0) is 25.8. The first kappa shape index (κ1) is 25.5. The van der Waals surface area contributed by atoms with Crippen LogP contribution in [0.15, 0.2) is 43.1 Å². The molecule has 2 aromatic carbocycles. The van der Waals surface area contributed by atoms with E-state index >= 15 is 0 Å². The summed E-state index contributed by atoms with van der Waals surface area (Å²) in [7, 11) is 0. The number of nitrogens with zero attached hydrogens (tertiary/aromatic N) is 3. The van der Waals surface area contributed by atoms with E-state index in [4.69, 9.17) is 27.9 Å². The van der Waals surface area contributed by atoms with Gasteiger partial charge in [-0.3, -0.25) is 9.78 Å². The Labute approximate surface area is 218 Å². The van der Waals surface area contributed by atoms with E-state index in [2.05, 4.69) is 28.3 Å². The lowest BCUT2D eigenvalue weighted by Crippen LogP contribution is -2.41. The smallest absolute Gasteiger partial charge is 0.245 e. The van der Waals surface area contributed by atoms with Crippen molar-refractivity contribution in [2.45, 2.75) is 25.8 Å². The number of likely N-dealkylation sites (tertiary alicyclic amines) is 1. The first-order valence-electron chi connectivity index (χ1n) is 11.4. The molecule has 0 spiro atoms. The number of anilines is 3. The third-order valence-electron chi connectivity index (χ3n) is 6.03. The van der Waals surface area contributed by atoms with Crippen LogP contribution in [-0.4, -0.2) is 41.5 Å². The molecule has 2 N–H and O–H groups in total. The van der Waals surface area contributed by atoms with E-state index < -0.39 is 5.82 Å². The fraction of sp³-hybridized carbons (Fsp3) is 0.269. The largest absolute Gasteiger partial charge is 0.492 e. The molecule has 1 amide bonds. The van der Waals surface area contributed by atoms with Crippen LogP contribution in [0.25, 0.3) is 10.9 Å². The second-order valence-electron chi connectivity index (χ2n) is 8.25. The minimum atomic E-state index is -0.719. The van der Waals surface area contributed by atoms with Crippen LogP contribution < -0.4 is 15.4 Å². The van der Waals surface area contributed by atoms with Gasteiger partial charge in [0.2, 0.25) is 5.91 Å². The molecule has 4 rings (SSSR count). The number of nitrogens with one attached hydrogen (secondary N) is 2. The molecule has 3 aromatic rings. The lowest BCUT2D eigenvalue weighted by Gasteiger charge is -2.32. The standard InChI is InChI=1S/C26H24Cl2FN5O2/c1-3-23(35)34-9-7-16(8-10-34)32-21-11-17-20(12-22(21)36-4-2)31-14-15(13-30)26(17)33-19-6-5-18(27)24(28)25(19)29/h3,5-6,11-12,14,16,32H,1,4,7-10H2,2H3,(H,31,33). The number of nitriles is 1. The van der Waals surface area contributed by atoms with Crippen molar-refractivity contribution in [2.75, 3.05) is 30.3 Å². The molecule has 0 aliphatic carbocycles. The Bertz CT molecular complexity index is 1370. The molecule has 0 radical (unpaired) electrons. The Balaban J connectivity index is 1.73. The van der Waals surface area contributed by atoms with Gasteiger partial charge in [0, 0.05) is 36.8 Å². The maximum absolute atomic E-state index is 14.8. The summed E-state index contributed by atoms with van der Waals surface area (Å²) in [5.74, 6) is -0.184. The number of amides is 1. The Morgan fingerprint density at radius 3 is 2.75 bits per heavy atom. The van der Waals surface area contributed by atoms with Gasteiger partial charge in [0.15, 0.2) is 5.82 Å². The molecular weight excluding hydrogens is 504 g/mol. The van der Waals surface area contributed by atoms with Gasteiger partial charge in [-0.2, -0.15) is 5.26 Å². The molecule has 0 bridgehead atoms. The molecule has 0 saturated carbocycles. The van der Waals surface area contributed by atoms with Crippen molar-refractivity contribution in [1.29, 1.82) is 5.26 Å². The number of aromatic nitrogens is 1. The molecule has 7 nitrogen and oxygen atoms in total. The molecule has 186 valence electrons. The van der Waals surface area contributed by atoms with Crippen molar-refractivity contribution < 1.29 is 13.9 Å². The predicted octanol–water partition coefficient (Wildman–Crippen LogP) is 6.28. The van der Waals surface area contributed by atoms with Crippen molar-refractivity contribution in [2.24, 2.45) is 0 Å². The molecule has 1 aromatic heterocycles. The van der Waals surface area contributed by atoms with E-state index in [-0.39, 0.29) is 33.2 Å². The lowest BCUT2D eigenvalue weighted by atomic mass is 10.0. The number of ether oxygens (including phenoxy) is 1. The molecule has 10 heteroatoms. The summed E-state index contributed by atoms with van der Waals surface area (Å²) in [6.45, 7) is 7.12. The van der Waals surface area contributed by atoms with E-state index in [1.165, 1.54) is 24.4 Å². The molecule has 2 heterocycles. The highest BCUT2D eigenvalue weighted by molar-refractivity contribution is 6.42. The van der Waals surface area contributed by atoms with Crippen LogP contribution >= 0.6 is 23.2 Å². The van der Waals surface area contributed by atoms with Gasteiger partial charge in [-0.05, 0) is 44.0 Å². The number of carbonyl (C=O) groups is 1. The number of hydrogen-bond donors (Lipinski definition) is 2. The van der Waals surface area contributed by atoms with Gasteiger partial charge in [0.1, 0.15) is 11.8 Å². The highest BCUT2D eigenvalue weighted by Crippen LogP contribution is 2.38. The second kappa shape index (κ2) is 11.0. The normalized spacial score (nSPS) is 13.8. The number of rotatable bonds is 7. The average Bonchev–Trinajstić information content (AvgIpc) is 2.89. The van der Waals surface area contributed by atoms with Gasteiger partial charge in [-0.15, -0.1) is 0 Å². The van der Waals surface area contributed by atoms with E-state index in [9.17, 15) is 14.4 Å². The minimum absolute atomic E-state index is 0.0745. The average molecular weight is 528 g/mol. The Morgan fingerprint density at radius 1 is 1.33 bits per heavy atom. The lowest BCUT2D eigenvalue weighted by molar-refractivity contribution is -0.126. The third kappa shape index (κ3) is 5.18. The SMILES string of the molecule is C=CC(=O)N1CCC(Nc2cc3c(Nc4ccc(Cl)c(Cl)c4F)c(C#N)cnc3cc2OCC)CC1. The highest BCUT2D eigenvalue weighted by atomic mass is 35.5. The van der Waals surface area contributed by atoms with Gasteiger partial charge in [-0.25, -0.2) is 4.39 Å². The van der Waals surface area contributed by atoms with Crippen LogP contribution in [0.5, 0.6) is 5.75 Å². The quantitative estimate of drug-likeness (QED) is 0.277. The predicted molar refractivity (Wildman–Crippen MR) is 141 cm³/mol. The van der Waals surface area contributed by atoms with Crippen molar-refractivity contribution >= 4 is 57.1 Å². The molecule has 1 fully saturated rings. The Morgan fingerprint density at radius 2 is 2.08 bits per heavy atom. The number of hydrogen-bond acceptors (Lipinski definition) is 6. The number of halogens is 3. The summed E-state index contributed by atoms with van der Waals surface area (Å²) in [6, 6.07) is 8.78. The maximum Gasteiger partial charge on any atom is 0.245 e. The summed E-state index contributed by atoms with van der Waals surface area (Å²) in [6.07, 6.45) is 4.25. The fourth-order valence-electron chi connectivity index (χ4n) is 4.18. The second-order valence-corrected chi connectivity index (χ2v) is 9.04. The third-order valence-corrected chi connectivity index (χ3v) is 6.81. The minimum Gasteiger partial charge on any atom is -0.492 e. The molecular formula is C26H24Cl2FN5O2. The topological polar surface area (TPSA) is 90.3 Å². The Kier molecular flexibility index (Phi) is 7.82. The van der Waals surface area contributed by atoms with Crippen LogP contribution in [0.2, 0.25) is 10.0 Å². The zero-order valence-electron chi connectivity index (χ0n) is 19.6. The maximum atomic E-state index is 14.8. The molecule has 36 heavy (non-hydrogen) atoms. The summed E-state index contributed by atoms with van der Waals surface area (Å²) in [5, 5.41) is 16.7. The van der Waals surface area contributed by atoms with Crippen LogP contribution in [0.4, 0.5) is 21.5 Å². The molecule has 1 aliphatic heterocycles. The van der Waals surface area contributed by atoms with Crippen LogP contribution in [-0.2, 0) is 4.79 Å². The summed E-state index contributed by atoms with van der Waals surface area (Å²) >= 11 is 11.9. The molecule has 0 atom stereocenters. The van der Waals surface area contributed by atoms with Crippen molar-refractivity contribution in [3.63, 3.8) is 0 Å². The van der Waals surface area contributed by atoms with Crippen molar-refractivity contribution in [1.82, 2.24) is 9.88 Å². The van der Waals surface area contributed by atoms with Crippen LogP contribution in [0.1, 0.15) is 25.3 Å². The van der Waals surface area contributed by atoms with Crippen LogP contribution in [0.3, 0.4) is 0 Å². The first-order valence-corrected chi connectivity index (χ1v) is 12.2. The number of fused-ring (bicyclic) bond motifs is 1. The van der Waals surface area contributed by atoms with E-state index in [1.54, 1.807) is 11.0 Å². The summed E-state index contributed by atoms with van der Waals surface area (Å²) in [5.41, 5.74) is 1.98. The van der Waals surface area contributed by atoms with E-state index in [0.717, 1.165) is 12.8 Å². The summed E-state index contributed by atoms with van der Waals surface area (Å²) < 4.78 is 20.7. The van der Waals surface area contributed by atoms with Crippen LogP contribution in [0, 0.1) is 17.1 Å². The van der Waals surface area contributed by atoms with Crippen molar-refractivity contribution in [3.05, 3.63) is 64.5 Å². The van der Waals surface area contributed by atoms with Gasteiger partial charge in [-0.1, -0.05) is 29.8 Å². The molecule has 0 unspecified atom stereocenters. The molecule has 1 saturated heterocycles. The van der Waals surface area contributed by atoms with Gasteiger partial charge in [0.05, 0.1) is 44.8 Å². The first-order chi connectivity index (χ1) is 17.4. The van der Waals surface area contributed by atoms with E-state index in [0.29, 0.717) is 47.7 Å². The van der Waals surface area contributed by atoms with Gasteiger partial charge >= 0.3 is 0 Å². The summed E-state index contributed by atoms with van der Waals surface area (Å²) in [4.78, 5) is 18.1. The van der Waals surface area contributed by atoms with Gasteiger partial charge in [0.25, 0.3) is 0 Å². The monoisotopic (exact) mass is 527 g/mol. The Hall–Kier alpha value is -3.54. The number of pyridine rings is 1. The number of carbonyl (C=O) groups excluding carboxylic acids is 1. The number of benzene rings is 2. The fourth-order valence-corrected chi connectivity index (χ4v) is 4.49. The van der Waals surface area contributed by atoms with Crippen molar-refractivity contribution in [3.8, 4) is 11.8 Å². The molecule has 1 aliphatic rings.